The number of carboxylic acids is 1. The summed E-state index contributed by atoms with van der Waals surface area (Å²) in [6.07, 6.45) is 20.8. The number of aliphatic hydroxyl groups excluding tert-OH is 1. The molecule has 0 heterocycles. The van der Waals surface area contributed by atoms with Crippen LogP contribution in [0.4, 0.5) is 0 Å². The summed E-state index contributed by atoms with van der Waals surface area (Å²) in [7, 11) is 0. The molecule has 0 aromatic rings. The molecule has 0 fully saturated rings. The van der Waals surface area contributed by atoms with Gasteiger partial charge in [-0.15, -0.1) is 0 Å². The maximum Gasteiger partial charge on any atom is 0.328 e. The van der Waals surface area contributed by atoms with E-state index in [0.29, 0.717) is 0 Å². The molecule has 3 heteroatoms. The van der Waals surface area contributed by atoms with Crippen molar-refractivity contribution in [2.24, 2.45) is 0 Å². The molecular formula is C16H22O3. The van der Waals surface area contributed by atoms with E-state index in [2.05, 4.69) is 0 Å². The molecule has 0 aliphatic rings. The van der Waals surface area contributed by atoms with Gasteiger partial charge >= 0.3 is 5.97 Å². The van der Waals surface area contributed by atoms with Crippen LogP contribution in [0.3, 0.4) is 0 Å². The number of allylic oxidation sites excluding steroid dienone is 10. The van der Waals surface area contributed by atoms with Crippen LogP contribution in [0.5, 0.6) is 0 Å². The lowest BCUT2D eigenvalue weighted by Gasteiger charge is -1.73. The highest BCUT2D eigenvalue weighted by Crippen LogP contribution is 1.79. The minimum atomic E-state index is -0.926. The minimum Gasteiger partial charge on any atom is -0.478 e. The second-order valence-electron chi connectivity index (χ2n) is 3.13. The average molecular weight is 262 g/mol. The standard InChI is InChI=1S/C8H10O2.C8H12O/c1-2-3-4-5-6-7-8(9)10;1-2-3-4-5-6-7-8-9/h2-7H,1H3,(H,9,10);2-7,9H,8H2,1H3/b2*3-2+,5-4+,7-6+. The SMILES string of the molecule is C/C=C/C=C/C=C/C(=O)O.C/C=C/C=C/C=C/CO. The van der Waals surface area contributed by atoms with Crippen LogP contribution in [0.2, 0.25) is 0 Å². The summed E-state index contributed by atoms with van der Waals surface area (Å²) in [5, 5.41) is 16.4. The van der Waals surface area contributed by atoms with Crippen LogP contribution in [-0.2, 0) is 4.79 Å². The summed E-state index contributed by atoms with van der Waals surface area (Å²) >= 11 is 0. The van der Waals surface area contributed by atoms with Crippen molar-refractivity contribution in [1.29, 1.82) is 0 Å². The molecule has 0 saturated carbocycles. The zero-order valence-electron chi connectivity index (χ0n) is 11.4. The van der Waals surface area contributed by atoms with Crippen molar-refractivity contribution in [2.75, 3.05) is 6.61 Å². The highest BCUT2D eigenvalue weighted by atomic mass is 16.4. The van der Waals surface area contributed by atoms with E-state index in [1.807, 2.05) is 50.3 Å². The van der Waals surface area contributed by atoms with Gasteiger partial charge in [0.25, 0.3) is 0 Å². The maximum atomic E-state index is 9.89. The Kier molecular flexibility index (Phi) is 18.4. The molecule has 3 nitrogen and oxygen atoms in total. The smallest absolute Gasteiger partial charge is 0.328 e. The second kappa shape index (κ2) is 18.2. The molecule has 0 amide bonds. The Balaban J connectivity index is 0. The van der Waals surface area contributed by atoms with E-state index < -0.39 is 5.97 Å². The molecule has 0 aliphatic heterocycles. The first kappa shape index (κ1) is 19.2. The minimum absolute atomic E-state index is 0.111. The zero-order chi connectivity index (χ0) is 14.8. The normalized spacial score (nSPS) is 12.4. The summed E-state index contributed by atoms with van der Waals surface area (Å²) in [6, 6.07) is 0. The summed E-state index contributed by atoms with van der Waals surface area (Å²) in [5.41, 5.74) is 0. The predicted molar refractivity (Wildman–Crippen MR) is 80.9 cm³/mol. The second-order valence-corrected chi connectivity index (χ2v) is 3.13. The molecule has 0 saturated heterocycles. The van der Waals surface area contributed by atoms with Crippen LogP contribution in [-0.4, -0.2) is 22.8 Å². The van der Waals surface area contributed by atoms with Crippen LogP contribution in [0, 0.1) is 0 Å². The number of aliphatic hydroxyl groups is 1. The molecule has 0 atom stereocenters. The molecule has 0 unspecified atom stereocenters. The third kappa shape index (κ3) is 25.8. The van der Waals surface area contributed by atoms with E-state index in [4.69, 9.17) is 10.2 Å². The Bertz CT molecular complexity index is 369. The Morgan fingerprint density at radius 1 is 0.842 bits per heavy atom. The molecule has 19 heavy (non-hydrogen) atoms. The Morgan fingerprint density at radius 3 is 1.74 bits per heavy atom. The highest BCUT2D eigenvalue weighted by molar-refractivity contribution is 5.80. The number of aliphatic carboxylic acids is 1. The van der Waals surface area contributed by atoms with Crippen LogP contribution in [0.15, 0.2) is 72.9 Å². The van der Waals surface area contributed by atoms with Crippen molar-refractivity contribution in [2.45, 2.75) is 13.8 Å². The molecule has 2 N–H and O–H groups in total. The van der Waals surface area contributed by atoms with Gasteiger partial charge in [0.2, 0.25) is 0 Å². The highest BCUT2D eigenvalue weighted by Gasteiger charge is 1.78. The molecule has 0 radical (unpaired) electrons. The van der Waals surface area contributed by atoms with Crippen molar-refractivity contribution in [1.82, 2.24) is 0 Å². The molecule has 104 valence electrons. The summed E-state index contributed by atoms with van der Waals surface area (Å²) in [5.74, 6) is -0.926. The van der Waals surface area contributed by atoms with Crippen molar-refractivity contribution in [3.8, 4) is 0 Å². The molecule has 0 aliphatic carbocycles. The van der Waals surface area contributed by atoms with Gasteiger partial charge in [0.15, 0.2) is 0 Å². The van der Waals surface area contributed by atoms with Gasteiger partial charge in [-0.25, -0.2) is 4.79 Å². The van der Waals surface area contributed by atoms with Gasteiger partial charge in [0.05, 0.1) is 6.61 Å². The number of rotatable bonds is 6. The first-order chi connectivity index (χ1) is 9.18. The Morgan fingerprint density at radius 2 is 1.32 bits per heavy atom. The summed E-state index contributed by atoms with van der Waals surface area (Å²) in [4.78, 5) is 9.89. The van der Waals surface area contributed by atoms with E-state index in [-0.39, 0.29) is 6.61 Å². The molecule has 0 bridgehead atoms. The number of hydrogen-bond acceptors (Lipinski definition) is 2. The molecule has 0 rings (SSSR count). The van der Waals surface area contributed by atoms with E-state index in [1.54, 1.807) is 24.3 Å². The van der Waals surface area contributed by atoms with Crippen LogP contribution < -0.4 is 0 Å². The summed E-state index contributed by atoms with van der Waals surface area (Å²) < 4.78 is 0. The van der Waals surface area contributed by atoms with Gasteiger partial charge in [-0.2, -0.15) is 0 Å². The lowest BCUT2D eigenvalue weighted by molar-refractivity contribution is -0.131. The van der Waals surface area contributed by atoms with Crippen molar-refractivity contribution >= 4 is 5.97 Å². The van der Waals surface area contributed by atoms with E-state index in [9.17, 15) is 4.79 Å². The molecule has 0 aromatic heterocycles. The average Bonchev–Trinajstić information content (AvgIpc) is 2.39. The zero-order valence-corrected chi connectivity index (χ0v) is 11.4. The van der Waals surface area contributed by atoms with Crippen LogP contribution in [0.25, 0.3) is 0 Å². The fraction of sp³-hybridized carbons (Fsp3) is 0.188. The van der Waals surface area contributed by atoms with Crippen LogP contribution >= 0.6 is 0 Å². The first-order valence-corrected chi connectivity index (χ1v) is 5.93. The Hall–Kier alpha value is -2.13. The Labute approximate surface area is 115 Å². The number of carbonyl (C=O) groups is 1. The van der Waals surface area contributed by atoms with Crippen molar-refractivity contribution < 1.29 is 15.0 Å². The summed E-state index contributed by atoms with van der Waals surface area (Å²) in [6.45, 7) is 3.96. The topological polar surface area (TPSA) is 57.5 Å². The van der Waals surface area contributed by atoms with E-state index in [0.717, 1.165) is 6.08 Å². The van der Waals surface area contributed by atoms with Gasteiger partial charge in [-0.3, -0.25) is 0 Å². The number of carboxylic acid groups (broad SMARTS) is 1. The lowest BCUT2D eigenvalue weighted by atomic mass is 10.4. The van der Waals surface area contributed by atoms with E-state index >= 15 is 0 Å². The van der Waals surface area contributed by atoms with Gasteiger partial charge in [0.1, 0.15) is 0 Å². The monoisotopic (exact) mass is 262 g/mol. The van der Waals surface area contributed by atoms with Crippen LogP contribution in [0.1, 0.15) is 13.8 Å². The van der Waals surface area contributed by atoms with Crippen molar-refractivity contribution in [3.63, 3.8) is 0 Å². The van der Waals surface area contributed by atoms with Crippen molar-refractivity contribution in [3.05, 3.63) is 72.9 Å². The largest absolute Gasteiger partial charge is 0.478 e. The third-order valence-corrected chi connectivity index (χ3v) is 1.53. The fourth-order valence-electron chi connectivity index (χ4n) is 0.756. The fourth-order valence-corrected chi connectivity index (χ4v) is 0.756. The first-order valence-electron chi connectivity index (χ1n) is 5.93. The number of hydrogen-bond donors (Lipinski definition) is 2. The van der Waals surface area contributed by atoms with Gasteiger partial charge in [-0.1, -0.05) is 66.8 Å². The van der Waals surface area contributed by atoms with Gasteiger partial charge in [-0.05, 0) is 13.8 Å². The molecular weight excluding hydrogens is 240 g/mol. The van der Waals surface area contributed by atoms with Gasteiger partial charge < -0.3 is 10.2 Å². The van der Waals surface area contributed by atoms with E-state index in [1.165, 1.54) is 6.08 Å². The molecule has 0 aromatic carbocycles. The lowest BCUT2D eigenvalue weighted by Crippen LogP contribution is -1.84. The quantitative estimate of drug-likeness (QED) is 0.569. The molecule has 0 spiro atoms. The maximum absolute atomic E-state index is 9.89. The van der Waals surface area contributed by atoms with Gasteiger partial charge in [0, 0.05) is 6.08 Å². The predicted octanol–water partition coefficient (Wildman–Crippen LogP) is 3.43. The third-order valence-electron chi connectivity index (χ3n) is 1.53.